The van der Waals surface area contributed by atoms with Crippen molar-refractivity contribution in [2.75, 3.05) is 14.2 Å². The van der Waals surface area contributed by atoms with Gasteiger partial charge in [0.05, 0.1) is 25.4 Å². The van der Waals surface area contributed by atoms with Crippen LogP contribution < -0.4 is 14.9 Å². The minimum atomic E-state index is -0.577. The number of nitro benzene ring substituents is 1. The molecular weight excluding hydrogens is 364 g/mol. The van der Waals surface area contributed by atoms with Gasteiger partial charge in [-0.2, -0.15) is 5.10 Å². The zero-order chi connectivity index (χ0) is 20.3. The first-order valence-electron chi connectivity index (χ1n) is 8.24. The lowest BCUT2D eigenvalue weighted by Crippen LogP contribution is -2.20. The molecule has 144 valence electrons. The molecule has 3 rings (SSSR count). The van der Waals surface area contributed by atoms with Crippen LogP contribution in [0.4, 0.5) is 5.69 Å². The van der Waals surface area contributed by atoms with Crippen LogP contribution in [0.15, 0.2) is 47.6 Å². The maximum Gasteiger partial charge on any atom is 0.315 e. The first-order valence-corrected chi connectivity index (χ1v) is 8.24. The fraction of sp³-hybridized carbons (Fsp3) is 0.158. The van der Waals surface area contributed by atoms with Crippen molar-refractivity contribution < 1.29 is 19.2 Å². The highest BCUT2D eigenvalue weighted by Gasteiger charge is 2.21. The Morgan fingerprint density at radius 2 is 1.96 bits per heavy atom. The summed E-state index contributed by atoms with van der Waals surface area (Å²) >= 11 is 0. The van der Waals surface area contributed by atoms with E-state index < -0.39 is 10.8 Å². The number of aryl methyl sites for hydroxylation is 1. The lowest BCUT2D eigenvalue weighted by atomic mass is 10.2. The number of aromatic nitrogens is 1. The summed E-state index contributed by atoms with van der Waals surface area (Å²) in [5.41, 5.74) is 3.91. The molecule has 0 aliphatic rings. The van der Waals surface area contributed by atoms with Crippen LogP contribution in [0, 0.1) is 10.1 Å². The molecule has 1 heterocycles. The average Bonchev–Trinajstić information content (AvgIpc) is 3.04. The first-order chi connectivity index (χ1) is 13.5. The van der Waals surface area contributed by atoms with Gasteiger partial charge in [-0.3, -0.25) is 14.9 Å². The molecule has 2 aromatic carbocycles. The number of amides is 1. The Bertz CT molecular complexity index is 1090. The summed E-state index contributed by atoms with van der Waals surface area (Å²) in [4.78, 5) is 23.1. The number of nitrogens with one attached hydrogen (secondary N) is 1. The normalized spacial score (nSPS) is 11.0. The van der Waals surface area contributed by atoms with Crippen LogP contribution in [0.5, 0.6) is 11.5 Å². The molecule has 0 saturated heterocycles. The summed E-state index contributed by atoms with van der Waals surface area (Å²) < 4.78 is 11.9. The van der Waals surface area contributed by atoms with Crippen molar-refractivity contribution in [3.8, 4) is 11.5 Å². The van der Waals surface area contributed by atoms with E-state index in [1.165, 1.54) is 32.6 Å². The van der Waals surface area contributed by atoms with Crippen LogP contribution in [0.2, 0.25) is 0 Å². The molecule has 1 amide bonds. The number of methoxy groups -OCH3 is 2. The topological polar surface area (TPSA) is 108 Å². The number of fused-ring (bicyclic) bond motifs is 1. The van der Waals surface area contributed by atoms with Gasteiger partial charge in [-0.05, 0) is 18.2 Å². The van der Waals surface area contributed by atoms with Crippen LogP contribution in [0.1, 0.15) is 16.1 Å². The summed E-state index contributed by atoms with van der Waals surface area (Å²) in [5, 5.41) is 16.1. The first kappa shape index (κ1) is 18.9. The van der Waals surface area contributed by atoms with Crippen molar-refractivity contribution >= 4 is 28.7 Å². The van der Waals surface area contributed by atoms with Crippen LogP contribution in [0.25, 0.3) is 10.9 Å². The largest absolute Gasteiger partial charge is 0.493 e. The fourth-order valence-electron chi connectivity index (χ4n) is 2.90. The third-order valence-corrected chi connectivity index (χ3v) is 4.24. The molecule has 0 bridgehead atoms. The number of ether oxygens (including phenoxy) is 2. The number of hydrogen-bond donors (Lipinski definition) is 1. The summed E-state index contributed by atoms with van der Waals surface area (Å²) in [6.45, 7) is 0. The van der Waals surface area contributed by atoms with E-state index in [1.807, 2.05) is 24.3 Å². The second-order valence-electron chi connectivity index (χ2n) is 5.88. The summed E-state index contributed by atoms with van der Waals surface area (Å²) in [6, 6.07) is 12.2. The van der Waals surface area contributed by atoms with E-state index in [9.17, 15) is 14.9 Å². The molecule has 0 aliphatic heterocycles. The minimum Gasteiger partial charge on any atom is -0.493 e. The maximum atomic E-state index is 12.4. The van der Waals surface area contributed by atoms with Gasteiger partial charge in [0.1, 0.15) is 5.69 Å². The van der Waals surface area contributed by atoms with E-state index in [0.717, 1.165) is 10.9 Å². The Balaban J connectivity index is 1.84. The third-order valence-electron chi connectivity index (χ3n) is 4.24. The third kappa shape index (κ3) is 3.50. The Morgan fingerprint density at radius 1 is 1.21 bits per heavy atom. The Kier molecular flexibility index (Phi) is 5.25. The summed E-state index contributed by atoms with van der Waals surface area (Å²) in [7, 11) is 4.49. The number of benzene rings is 2. The predicted molar refractivity (Wildman–Crippen MR) is 104 cm³/mol. The van der Waals surface area contributed by atoms with Crippen LogP contribution in [-0.2, 0) is 7.05 Å². The van der Waals surface area contributed by atoms with E-state index in [2.05, 4.69) is 10.5 Å². The van der Waals surface area contributed by atoms with Crippen molar-refractivity contribution in [3.05, 3.63) is 63.8 Å². The van der Waals surface area contributed by atoms with Gasteiger partial charge >= 0.3 is 5.69 Å². The highest BCUT2D eigenvalue weighted by atomic mass is 16.6. The highest BCUT2D eigenvalue weighted by molar-refractivity contribution is 5.99. The highest BCUT2D eigenvalue weighted by Crippen LogP contribution is 2.37. The van der Waals surface area contributed by atoms with Crippen molar-refractivity contribution in [1.82, 2.24) is 9.99 Å². The van der Waals surface area contributed by atoms with Crippen LogP contribution in [0.3, 0.4) is 0 Å². The van der Waals surface area contributed by atoms with Gasteiger partial charge in [0, 0.05) is 29.6 Å². The van der Waals surface area contributed by atoms with Crippen molar-refractivity contribution in [1.29, 1.82) is 0 Å². The zero-order valence-corrected chi connectivity index (χ0v) is 15.5. The average molecular weight is 382 g/mol. The van der Waals surface area contributed by atoms with E-state index in [4.69, 9.17) is 9.47 Å². The van der Waals surface area contributed by atoms with E-state index in [0.29, 0.717) is 11.3 Å². The van der Waals surface area contributed by atoms with E-state index in [-0.39, 0.29) is 17.2 Å². The number of nitrogens with zero attached hydrogens (tertiary/aromatic N) is 3. The molecule has 9 heteroatoms. The van der Waals surface area contributed by atoms with Crippen molar-refractivity contribution in [2.45, 2.75) is 0 Å². The quantitative estimate of drug-likeness (QED) is 0.401. The van der Waals surface area contributed by atoms with Gasteiger partial charge in [-0.25, -0.2) is 5.43 Å². The lowest BCUT2D eigenvalue weighted by molar-refractivity contribution is -0.385. The second kappa shape index (κ2) is 7.78. The molecule has 0 spiro atoms. The molecule has 0 saturated carbocycles. The molecule has 0 fully saturated rings. The minimum absolute atomic E-state index is 0.0178. The van der Waals surface area contributed by atoms with E-state index in [1.54, 1.807) is 17.7 Å². The van der Waals surface area contributed by atoms with Crippen LogP contribution >= 0.6 is 0 Å². The second-order valence-corrected chi connectivity index (χ2v) is 5.88. The van der Waals surface area contributed by atoms with Gasteiger partial charge < -0.3 is 14.0 Å². The number of para-hydroxylation sites is 1. The zero-order valence-electron chi connectivity index (χ0n) is 15.5. The molecule has 1 N–H and O–H groups in total. The summed E-state index contributed by atoms with van der Waals surface area (Å²) in [5.74, 6) is -0.188. The van der Waals surface area contributed by atoms with Crippen LogP contribution in [-0.4, -0.2) is 35.8 Å². The number of carbonyl (C=O) groups is 1. The smallest absolute Gasteiger partial charge is 0.315 e. The van der Waals surface area contributed by atoms with Gasteiger partial charge in [-0.1, -0.05) is 18.2 Å². The Morgan fingerprint density at radius 3 is 2.61 bits per heavy atom. The van der Waals surface area contributed by atoms with Gasteiger partial charge in [0.2, 0.25) is 5.75 Å². The van der Waals surface area contributed by atoms with Gasteiger partial charge in [0.15, 0.2) is 5.75 Å². The molecule has 3 aromatic rings. The number of nitro groups is 1. The molecule has 28 heavy (non-hydrogen) atoms. The predicted octanol–water partition coefficient (Wildman–Crippen LogP) is 2.87. The molecule has 9 nitrogen and oxygen atoms in total. The maximum absolute atomic E-state index is 12.4. The Hall–Kier alpha value is -3.88. The van der Waals surface area contributed by atoms with Gasteiger partial charge in [0.25, 0.3) is 5.91 Å². The van der Waals surface area contributed by atoms with Crippen molar-refractivity contribution in [3.63, 3.8) is 0 Å². The summed E-state index contributed by atoms with van der Waals surface area (Å²) in [6.07, 6.45) is 1.30. The SMILES string of the molecule is COc1cc(/C=N/NC(=O)c2cc3ccccc3n2C)cc([N+](=O)[O-])c1OC. The fourth-order valence-corrected chi connectivity index (χ4v) is 2.90. The molecule has 0 atom stereocenters. The Labute approximate surface area is 160 Å². The molecule has 0 radical (unpaired) electrons. The molecule has 0 aliphatic carbocycles. The number of hydrazone groups is 1. The van der Waals surface area contributed by atoms with Crippen molar-refractivity contribution in [2.24, 2.45) is 12.1 Å². The standard InChI is InChI=1S/C19H18N4O5/c1-22-14-7-5-4-6-13(14)10-16(22)19(24)21-20-11-12-8-15(23(25)26)18(28-3)17(9-12)27-2/h4-11H,1-3H3,(H,21,24)/b20-11+. The number of hydrogen-bond acceptors (Lipinski definition) is 6. The lowest BCUT2D eigenvalue weighted by Gasteiger charge is -2.08. The van der Waals surface area contributed by atoms with Gasteiger partial charge in [-0.15, -0.1) is 0 Å². The number of rotatable bonds is 6. The monoisotopic (exact) mass is 382 g/mol. The number of carbonyl (C=O) groups excluding carboxylic acids is 1. The molecule has 1 aromatic heterocycles. The molecule has 0 unspecified atom stereocenters. The molecular formula is C19H18N4O5. The van der Waals surface area contributed by atoms with E-state index >= 15 is 0 Å².